The fraction of sp³-hybridized carbons (Fsp3) is 0.562. The highest BCUT2D eigenvalue weighted by atomic mass is 32.2. The molecule has 2 aliphatic rings. The van der Waals surface area contributed by atoms with Crippen LogP contribution in [0.1, 0.15) is 23.0 Å². The second kappa shape index (κ2) is 7.62. The first-order valence-corrected chi connectivity index (χ1v) is 9.81. The molecule has 2 N–H and O–H groups in total. The van der Waals surface area contributed by atoms with Gasteiger partial charge in [-0.05, 0) is 42.0 Å². The first-order valence-electron chi connectivity index (χ1n) is 7.72. The number of nitrogens with zero attached hydrogens (tertiary/aromatic N) is 1. The van der Waals surface area contributed by atoms with E-state index in [2.05, 4.69) is 12.1 Å². The van der Waals surface area contributed by atoms with E-state index >= 15 is 0 Å². The van der Waals surface area contributed by atoms with Crippen LogP contribution in [0.15, 0.2) is 24.3 Å². The number of rotatable bonds is 4. The topological polar surface area (TPSA) is 55.6 Å². The van der Waals surface area contributed by atoms with Gasteiger partial charge in [-0.1, -0.05) is 12.1 Å². The Morgan fingerprint density at radius 3 is 2.64 bits per heavy atom. The normalized spacial score (nSPS) is 22.8. The van der Waals surface area contributed by atoms with E-state index in [0.717, 1.165) is 18.7 Å². The first-order chi connectivity index (χ1) is 10.7. The van der Waals surface area contributed by atoms with E-state index < -0.39 is 0 Å². The number of carbonyl (C=O) groups is 1. The number of hydrogen-bond donors (Lipinski definition) is 1. The molecule has 2 fully saturated rings. The average Bonchev–Trinajstić information content (AvgIpc) is 3.00. The van der Waals surface area contributed by atoms with Crippen LogP contribution in [0.25, 0.3) is 0 Å². The van der Waals surface area contributed by atoms with Crippen LogP contribution in [0.4, 0.5) is 0 Å². The highest BCUT2D eigenvalue weighted by Crippen LogP contribution is 2.43. The van der Waals surface area contributed by atoms with Crippen LogP contribution >= 0.6 is 23.5 Å². The summed E-state index contributed by atoms with van der Waals surface area (Å²) < 4.78 is 6.15. The lowest BCUT2D eigenvalue weighted by Gasteiger charge is -2.21. The molecule has 1 aromatic carbocycles. The lowest BCUT2D eigenvalue weighted by Crippen LogP contribution is -2.35. The van der Waals surface area contributed by atoms with Crippen LogP contribution in [-0.2, 0) is 4.79 Å². The van der Waals surface area contributed by atoms with Crippen LogP contribution in [0.5, 0.6) is 5.75 Å². The Morgan fingerprint density at radius 1 is 1.27 bits per heavy atom. The molecule has 0 aliphatic carbocycles. The van der Waals surface area contributed by atoms with Crippen LogP contribution in [-0.4, -0.2) is 48.1 Å². The van der Waals surface area contributed by atoms with Crippen LogP contribution in [0.3, 0.4) is 0 Å². The second-order valence-corrected chi connectivity index (χ2v) is 8.40. The van der Waals surface area contributed by atoms with E-state index in [1.54, 1.807) is 4.90 Å². The lowest BCUT2D eigenvalue weighted by atomic mass is 10.2. The van der Waals surface area contributed by atoms with Crippen LogP contribution in [0.2, 0.25) is 0 Å². The fourth-order valence-corrected chi connectivity index (χ4v) is 5.55. The Morgan fingerprint density at radius 2 is 2.00 bits per heavy atom. The molecule has 1 atom stereocenters. The van der Waals surface area contributed by atoms with E-state index in [1.807, 2.05) is 35.7 Å². The quantitative estimate of drug-likeness (QED) is 0.914. The molecular formula is C16H22N2O2S2. The van der Waals surface area contributed by atoms with Crippen molar-refractivity contribution in [2.45, 2.75) is 23.5 Å². The zero-order valence-corrected chi connectivity index (χ0v) is 14.2. The minimum Gasteiger partial charge on any atom is -0.484 e. The number of hydrogen-bond acceptors (Lipinski definition) is 5. The molecule has 1 amide bonds. The molecule has 22 heavy (non-hydrogen) atoms. The van der Waals surface area contributed by atoms with Gasteiger partial charge in [-0.15, -0.1) is 23.5 Å². The molecule has 0 saturated carbocycles. The Bertz CT molecular complexity index is 503. The number of nitrogens with two attached hydrogens (primary N) is 1. The molecule has 1 aromatic rings. The van der Waals surface area contributed by atoms with Crippen molar-refractivity contribution >= 4 is 29.4 Å². The second-order valence-electron chi connectivity index (χ2n) is 5.67. The van der Waals surface area contributed by atoms with Crippen molar-refractivity contribution in [2.24, 2.45) is 5.73 Å². The van der Waals surface area contributed by atoms with Gasteiger partial charge in [-0.25, -0.2) is 0 Å². The standard InChI is InChI=1S/C16H22N2O2S2/c17-13-6-7-18(10-13)15(19)11-20-14-4-2-12(3-5-14)16-21-8-1-9-22-16/h2-5,13,16H,1,6-11,17H2/t13-/m1/s1. The number of benzene rings is 1. The van der Waals surface area contributed by atoms with Crippen molar-refractivity contribution in [3.8, 4) is 5.75 Å². The summed E-state index contributed by atoms with van der Waals surface area (Å²) in [4.78, 5) is 13.8. The Hall–Kier alpha value is -0.850. The molecule has 4 nitrogen and oxygen atoms in total. The van der Waals surface area contributed by atoms with E-state index in [4.69, 9.17) is 10.5 Å². The Balaban J connectivity index is 1.49. The third kappa shape index (κ3) is 4.12. The number of carbonyl (C=O) groups excluding carboxylic acids is 1. The summed E-state index contributed by atoms with van der Waals surface area (Å²) in [7, 11) is 0. The predicted octanol–water partition coefficient (Wildman–Crippen LogP) is 2.49. The minimum absolute atomic E-state index is 0.0235. The lowest BCUT2D eigenvalue weighted by molar-refractivity contribution is -0.132. The number of ether oxygens (including phenoxy) is 1. The molecule has 2 saturated heterocycles. The number of thioether (sulfide) groups is 2. The van der Waals surface area contributed by atoms with Gasteiger partial charge in [0, 0.05) is 19.1 Å². The summed E-state index contributed by atoms with van der Waals surface area (Å²) in [5.74, 6) is 3.26. The SMILES string of the molecule is N[C@@H]1CCN(C(=O)COc2ccc(C3SCCCS3)cc2)C1. The van der Waals surface area contributed by atoms with Gasteiger partial charge in [-0.2, -0.15) is 0 Å². The van der Waals surface area contributed by atoms with Gasteiger partial charge in [0.05, 0.1) is 4.58 Å². The van der Waals surface area contributed by atoms with Crippen molar-refractivity contribution in [1.82, 2.24) is 4.90 Å². The molecule has 2 aliphatic heterocycles. The van der Waals surface area contributed by atoms with Crippen molar-refractivity contribution in [3.05, 3.63) is 29.8 Å². The Kier molecular flexibility index (Phi) is 5.55. The monoisotopic (exact) mass is 338 g/mol. The maximum absolute atomic E-state index is 12.0. The molecule has 2 heterocycles. The van der Waals surface area contributed by atoms with Gasteiger partial charge in [0.25, 0.3) is 5.91 Å². The molecule has 0 bridgehead atoms. The predicted molar refractivity (Wildman–Crippen MR) is 93.4 cm³/mol. The smallest absolute Gasteiger partial charge is 0.260 e. The van der Waals surface area contributed by atoms with Gasteiger partial charge in [0.15, 0.2) is 6.61 Å². The summed E-state index contributed by atoms with van der Waals surface area (Å²) in [6.07, 6.45) is 2.19. The maximum Gasteiger partial charge on any atom is 0.260 e. The van der Waals surface area contributed by atoms with Crippen molar-refractivity contribution < 1.29 is 9.53 Å². The van der Waals surface area contributed by atoms with E-state index in [9.17, 15) is 4.79 Å². The average molecular weight is 338 g/mol. The third-order valence-electron chi connectivity index (χ3n) is 3.92. The zero-order chi connectivity index (χ0) is 15.4. The highest BCUT2D eigenvalue weighted by molar-refractivity contribution is 8.16. The summed E-state index contributed by atoms with van der Waals surface area (Å²) in [6, 6.07) is 8.28. The van der Waals surface area contributed by atoms with Crippen molar-refractivity contribution in [1.29, 1.82) is 0 Å². The molecular weight excluding hydrogens is 316 g/mol. The molecule has 3 rings (SSSR count). The summed E-state index contributed by atoms with van der Waals surface area (Å²) in [6.45, 7) is 1.49. The van der Waals surface area contributed by atoms with Gasteiger partial charge < -0.3 is 15.4 Å². The van der Waals surface area contributed by atoms with Crippen LogP contribution < -0.4 is 10.5 Å². The van der Waals surface area contributed by atoms with Gasteiger partial charge in [0.1, 0.15) is 5.75 Å². The maximum atomic E-state index is 12.0. The molecule has 0 spiro atoms. The third-order valence-corrected chi connectivity index (χ3v) is 6.93. The summed E-state index contributed by atoms with van der Waals surface area (Å²) in [5, 5.41) is 0. The molecule has 120 valence electrons. The minimum atomic E-state index is 0.0235. The zero-order valence-electron chi connectivity index (χ0n) is 12.6. The molecule has 6 heteroatoms. The van der Waals surface area contributed by atoms with E-state index in [-0.39, 0.29) is 18.6 Å². The summed E-state index contributed by atoms with van der Waals surface area (Å²) in [5.41, 5.74) is 7.15. The van der Waals surface area contributed by atoms with E-state index in [1.165, 1.54) is 23.5 Å². The summed E-state index contributed by atoms with van der Waals surface area (Å²) >= 11 is 4.01. The van der Waals surface area contributed by atoms with E-state index in [0.29, 0.717) is 11.1 Å². The molecule has 0 unspecified atom stereocenters. The fourth-order valence-electron chi connectivity index (χ4n) is 2.65. The van der Waals surface area contributed by atoms with Gasteiger partial charge in [-0.3, -0.25) is 4.79 Å². The van der Waals surface area contributed by atoms with Crippen LogP contribution in [0, 0.1) is 0 Å². The van der Waals surface area contributed by atoms with Crippen molar-refractivity contribution in [2.75, 3.05) is 31.2 Å². The number of likely N-dealkylation sites (tertiary alicyclic amines) is 1. The van der Waals surface area contributed by atoms with Crippen molar-refractivity contribution in [3.63, 3.8) is 0 Å². The molecule has 0 radical (unpaired) electrons. The highest BCUT2D eigenvalue weighted by Gasteiger charge is 2.23. The molecule has 0 aromatic heterocycles. The first kappa shape index (κ1) is 16.0. The van der Waals surface area contributed by atoms with Gasteiger partial charge >= 0.3 is 0 Å². The van der Waals surface area contributed by atoms with Gasteiger partial charge in [0.2, 0.25) is 0 Å². The Labute approximate surface area is 140 Å². The largest absolute Gasteiger partial charge is 0.484 e. The number of amides is 1.